The van der Waals surface area contributed by atoms with Crippen molar-refractivity contribution in [2.24, 2.45) is 5.14 Å². The van der Waals surface area contributed by atoms with E-state index >= 15 is 0 Å². The van der Waals surface area contributed by atoms with Crippen molar-refractivity contribution in [3.05, 3.63) is 35.8 Å². The predicted octanol–water partition coefficient (Wildman–Crippen LogP) is 1.48. The maximum atomic E-state index is 11.2. The molecule has 0 spiro atoms. The molecule has 0 radical (unpaired) electrons. The van der Waals surface area contributed by atoms with Crippen molar-refractivity contribution in [1.82, 2.24) is 9.97 Å². The topological polar surface area (TPSA) is 80.9 Å². The highest BCUT2D eigenvalue weighted by atomic mass is 32.2. The third-order valence-corrected chi connectivity index (χ3v) is 4.69. The zero-order valence-electron chi connectivity index (χ0n) is 9.92. The van der Waals surface area contributed by atoms with E-state index in [4.69, 9.17) is 5.14 Å². The Kier molecular flexibility index (Phi) is 4.40. The van der Waals surface area contributed by atoms with Crippen molar-refractivity contribution in [3.63, 3.8) is 0 Å². The molecule has 18 heavy (non-hydrogen) atoms. The second-order valence-corrected chi connectivity index (χ2v) is 5.98. The van der Waals surface area contributed by atoms with Gasteiger partial charge in [-0.2, -0.15) is 0 Å². The van der Waals surface area contributed by atoms with E-state index in [1.54, 1.807) is 12.4 Å². The summed E-state index contributed by atoms with van der Waals surface area (Å²) in [5, 5.41) is 9.32. The van der Waals surface area contributed by atoms with Gasteiger partial charge in [0.05, 0.1) is 5.69 Å². The number of aromatic nitrogens is 2. The van der Waals surface area contributed by atoms with Crippen LogP contribution in [0.1, 0.15) is 11.3 Å². The fourth-order valence-corrected chi connectivity index (χ4v) is 3.14. The quantitative estimate of drug-likeness (QED) is 0.870. The van der Waals surface area contributed by atoms with Crippen LogP contribution in [0.4, 0.5) is 5.13 Å². The first-order chi connectivity index (χ1) is 8.66. The van der Waals surface area contributed by atoms with E-state index in [2.05, 4.69) is 15.3 Å². The Morgan fingerprint density at radius 2 is 2.17 bits per heavy atom. The lowest BCUT2D eigenvalue weighted by atomic mass is 10.2. The summed E-state index contributed by atoms with van der Waals surface area (Å²) in [6.07, 6.45) is 4.44. The van der Waals surface area contributed by atoms with Crippen LogP contribution < -0.4 is 10.5 Å². The van der Waals surface area contributed by atoms with E-state index in [1.807, 2.05) is 19.1 Å². The van der Waals surface area contributed by atoms with Crippen molar-refractivity contribution in [3.8, 4) is 0 Å². The average Bonchev–Trinajstić information content (AvgIpc) is 2.72. The third kappa shape index (κ3) is 3.34. The van der Waals surface area contributed by atoms with Gasteiger partial charge in [0.15, 0.2) is 5.13 Å². The summed E-state index contributed by atoms with van der Waals surface area (Å²) < 4.78 is 11.8. The molecule has 0 aliphatic rings. The molecule has 0 fully saturated rings. The van der Waals surface area contributed by atoms with Gasteiger partial charge in [-0.25, -0.2) is 14.3 Å². The first kappa shape index (κ1) is 13.1. The van der Waals surface area contributed by atoms with Crippen molar-refractivity contribution < 1.29 is 4.21 Å². The molecule has 0 saturated heterocycles. The van der Waals surface area contributed by atoms with Gasteiger partial charge >= 0.3 is 0 Å². The SMILES string of the molecule is Cc1nc(NCCc2ccncc2)sc1[S@](N)=O. The summed E-state index contributed by atoms with van der Waals surface area (Å²) in [5.74, 6) is 0. The molecule has 2 aromatic heterocycles. The third-order valence-electron chi connectivity index (χ3n) is 2.38. The zero-order chi connectivity index (χ0) is 13.0. The van der Waals surface area contributed by atoms with Crippen molar-refractivity contribution in [1.29, 1.82) is 0 Å². The van der Waals surface area contributed by atoms with Crippen LogP contribution >= 0.6 is 11.3 Å². The smallest absolute Gasteiger partial charge is 0.184 e. The Hall–Kier alpha value is -1.31. The first-order valence-electron chi connectivity index (χ1n) is 5.43. The lowest BCUT2D eigenvalue weighted by molar-refractivity contribution is 0.685. The Morgan fingerprint density at radius 1 is 1.44 bits per heavy atom. The Bertz CT molecular complexity index is 541. The van der Waals surface area contributed by atoms with E-state index in [1.165, 1.54) is 16.9 Å². The van der Waals surface area contributed by atoms with Gasteiger partial charge in [0.1, 0.15) is 15.2 Å². The highest BCUT2D eigenvalue weighted by molar-refractivity contribution is 7.85. The highest BCUT2D eigenvalue weighted by Crippen LogP contribution is 2.24. The number of nitrogens with two attached hydrogens (primary N) is 1. The predicted molar refractivity (Wildman–Crippen MR) is 73.9 cm³/mol. The fraction of sp³-hybridized carbons (Fsp3) is 0.273. The van der Waals surface area contributed by atoms with Gasteiger partial charge in [-0.05, 0) is 31.0 Å². The fourth-order valence-electron chi connectivity index (χ4n) is 1.51. The number of hydrogen-bond acceptors (Lipinski definition) is 5. The van der Waals surface area contributed by atoms with Crippen LogP contribution in [0.15, 0.2) is 28.7 Å². The van der Waals surface area contributed by atoms with Gasteiger partial charge in [0.25, 0.3) is 0 Å². The summed E-state index contributed by atoms with van der Waals surface area (Å²) >= 11 is 1.34. The number of rotatable bonds is 5. The van der Waals surface area contributed by atoms with Crippen molar-refractivity contribution in [2.45, 2.75) is 17.6 Å². The van der Waals surface area contributed by atoms with Crippen LogP contribution in [0, 0.1) is 6.92 Å². The van der Waals surface area contributed by atoms with Crippen LogP contribution in [0.2, 0.25) is 0 Å². The highest BCUT2D eigenvalue weighted by Gasteiger charge is 2.10. The standard InChI is InChI=1S/C11H14N4OS2/c1-8-10(18(12)16)17-11(15-8)14-7-4-9-2-5-13-6-3-9/h2-3,5-6H,4,7,12H2,1H3,(H,14,15)/t18-/m1/s1. The summed E-state index contributed by atoms with van der Waals surface area (Å²) in [6.45, 7) is 2.58. The number of nitrogens with one attached hydrogen (secondary N) is 1. The van der Waals surface area contributed by atoms with E-state index in [-0.39, 0.29) is 0 Å². The Balaban J connectivity index is 1.91. The van der Waals surface area contributed by atoms with Gasteiger partial charge in [0.2, 0.25) is 0 Å². The molecule has 2 aromatic rings. The molecule has 0 aliphatic carbocycles. The van der Waals surface area contributed by atoms with Gasteiger partial charge in [-0.3, -0.25) is 4.98 Å². The van der Waals surface area contributed by atoms with E-state index in [0.717, 1.165) is 23.8 Å². The van der Waals surface area contributed by atoms with Gasteiger partial charge in [-0.1, -0.05) is 11.3 Å². The monoisotopic (exact) mass is 282 g/mol. The van der Waals surface area contributed by atoms with Gasteiger partial charge in [-0.15, -0.1) is 0 Å². The van der Waals surface area contributed by atoms with E-state index in [9.17, 15) is 4.21 Å². The average molecular weight is 282 g/mol. The minimum atomic E-state index is -1.45. The van der Waals surface area contributed by atoms with E-state index in [0.29, 0.717) is 4.21 Å². The largest absolute Gasteiger partial charge is 0.361 e. The second kappa shape index (κ2) is 6.03. The lowest BCUT2D eigenvalue weighted by Gasteiger charge is -2.02. The molecule has 0 amide bonds. The maximum absolute atomic E-state index is 11.2. The molecule has 2 rings (SSSR count). The molecule has 0 aliphatic heterocycles. The minimum Gasteiger partial charge on any atom is -0.361 e. The summed E-state index contributed by atoms with van der Waals surface area (Å²) in [5.41, 5.74) is 1.95. The van der Waals surface area contributed by atoms with Crippen LogP contribution in [0.5, 0.6) is 0 Å². The van der Waals surface area contributed by atoms with Crippen LogP contribution in [0.25, 0.3) is 0 Å². The Labute approximate surface area is 112 Å². The molecule has 0 unspecified atom stereocenters. The molecule has 0 aromatic carbocycles. The number of thiazole rings is 1. The molecule has 0 saturated carbocycles. The van der Waals surface area contributed by atoms with E-state index < -0.39 is 11.0 Å². The molecular weight excluding hydrogens is 268 g/mol. The normalized spacial score (nSPS) is 12.3. The molecule has 3 N–H and O–H groups in total. The summed E-state index contributed by atoms with van der Waals surface area (Å²) in [6, 6.07) is 3.96. The molecule has 7 heteroatoms. The minimum absolute atomic E-state index is 0.626. The van der Waals surface area contributed by atoms with Crippen LogP contribution in [-0.4, -0.2) is 20.7 Å². The second-order valence-electron chi connectivity index (χ2n) is 3.72. The molecule has 96 valence electrons. The number of hydrogen-bond donors (Lipinski definition) is 2. The van der Waals surface area contributed by atoms with Crippen molar-refractivity contribution >= 4 is 27.5 Å². The number of anilines is 1. The first-order valence-corrected chi connectivity index (χ1v) is 7.46. The Morgan fingerprint density at radius 3 is 2.78 bits per heavy atom. The lowest BCUT2D eigenvalue weighted by Crippen LogP contribution is -2.04. The van der Waals surface area contributed by atoms with Crippen LogP contribution in [0.3, 0.4) is 0 Å². The summed E-state index contributed by atoms with van der Waals surface area (Å²) in [4.78, 5) is 8.25. The van der Waals surface area contributed by atoms with Crippen molar-refractivity contribution in [2.75, 3.05) is 11.9 Å². The van der Waals surface area contributed by atoms with Gasteiger partial charge < -0.3 is 5.32 Å². The zero-order valence-corrected chi connectivity index (χ0v) is 11.6. The molecule has 5 nitrogen and oxygen atoms in total. The molecule has 2 heterocycles. The summed E-state index contributed by atoms with van der Waals surface area (Å²) in [7, 11) is -1.45. The molecule has 1 atom stereocenters. The number of nitrogens with zero attached hydrogens (tertiary/aromatic N) is 2. The number of aryl methyl sites for hydroxylation is 1. The number of pyridine rings is 1. The maximum Gasteiger partial charge on any atom is 0.184 e. The van der Waals surface area contributed by atoms with Gasteiger partial charge in [0, 0.05) is 18.9 Å². The molecule has 0 bridgehead atoms. The van der Waals surface area contributed by atoms with Crippen LogP contribution in [-0.2, 0) is 17.4 Å². The molecular formula is C11H14N4OS2.